The van der Waals surface area contributed by atoms with Crippen LogP contribution in [0.15, 0.2) is 18.2 Å². The van der Waals surface area contributed by atoms with Crippen molar-refractivity contribution in [2.75, 3.05) is 14.2 Å². The van der Waals surface area contributed by atoms with E-state index >= 15 is 0 Å². The molecule has 2 nitrogen and oxygen atoms in total. The molecule has 1 aromatic carbocycles. The van der Waals surface area contributed by atoms with Gasteiger partial charge in [0.05, 0.1) is 0 Å². The first-order valence-corrected chi connectivity index (χ1v) is 14.7. The van der Waals surface area contributed by atoms with E-state index in [2.05, 4.69) is 20.9 Å². The molecule has 3 heteroatoms. The molecule has 0 aromatic heterocycles. The van der Waals surface area contributed by atoms with Crippen molar-refractivity contribution in [3.8, 4) is 11.5 Å². The van der Waals surface area contributed by atoms with Gasteiger partial charge in [0.2, 0.25) is 0 Å². The fourth-order valence-electron chi connectivity index (χ4n) is 1.42. The van der Waals surface area contributed by atoms with Gasteiger partial charge in [0.15, 0.2) is 0 Å². The average molecular weight is 301 g/mol. The van der Waals surface area contributed by atoms with E-state index in [-0.39, 0.29) is 0 Å². The minimum absolute atomic E-state index is 0.862. The molecule has 0 aliphatic heterocycles. The van der Waals surface area contributed by atoms with E-state index in [1.54, 1.807) is 14.2 Å². The molecule has 0 bridgehead atoms. The standard InChI is InChI=1S/C8H9O2.3CH3.Sn/c1-9-7-4-3-5-8(6-7)10-2;;;;/h3-4,6H,1-2H3;3*1H3;. The summed E-state index contributed by atoms with van der Waals surface area (Å²) in [6.07, 6.45) is 0. The van der Waals surface area contributed by atoms with Crippen LogP contribution in [0.5, 0.6) is 11.5 Å². The van der Waals surface area contributed by atoms with E-state index in [1.807, 2.05) is 12.1 Å². The summed E-state index contributed by atoms with van der Waals surface area (Å²) in [4.78, 5) is 7.12. The van der Waals surface area contributed by atoms with Gasteiger partial charge < -0.3 is 0 Å². The summed E-state index contributed by atoms with van der Waals surface area (Å²) >= 11 is -2.04. The summed E-state index contributed by atoms with van der Waals surface area (Å²) in [5.74, 6) is 1.84. The maximum absolute atomic E-state index is 5.39. The molecule has 0 saturated heterocycles. The Kier molecular flexibility index (Phi) is 3.70. The molecule has 0 spiro atoms. The van der Waals surface area contributed by atoms with Gasteiger partial charge in [-0.15, -0.1) is 0 Å². The molecule has 1 aromatic rings. The Hall–Kier alpha value is -0.381. The number of hydrogen-bond acceptors (Lipinski definition) is 2. The van der Waals surface area contributed by atoms with Crippen LogP contribution < -0.4 is 13.1 Å². The third-order valence-electron chi connectivity index (χ3n) is 2.22. The number of ether oxygens (including phenoxy) is 2. The first kappa shape index (κ1) is 11.7. The minimum atomic E-state index is -2.04. The van der Waals surface area contributed by atoms with Crippen LogP contribution in [-0.4, -0.2) is 32.6 Å². The summed E-state index contributed by atoms with van der Waals surface area (Å²) in [7, 11) is 3.39. The van der Waals surface area contributed by atoms with E-state index in [1.165, 1.54) is 3.58 Å². The fourth-order valence-corrected chi connectivity index (χ4v) is 5.69. The molecular weight excluding hydrogens is 283 g/mol. The van der Waals surface area contributed by atoms with Gasteiger partial charge in [0.25, 0.3) is 0 Å². The molecule has 1 rings (SSSR count). The van der Waals surface area contributed by atoms with Gasteiger partial charge >= 0.3 is 90.2 Å². The molecule has 0 N–H and O–H groups in total. The van der Waals surface area contributed by atoms with Crippen molar-refractivity contribution in [3.63, 3.8) is 0 Å². The van der Waals surface area contributed by atoms with Gasteiger partial charge in [-0.25, -0.2) is 0 Å². The van der Waals surface area contributed by atoms with Gasteiger partial charge in [-0.3, -0.25) is 0 Å². The van der Waals surface area contributed by atoms with Gasteiger partial charge in [-0.2, -0.15) is 0 Å². The molecule has 0 amide bonds. The predicted molar refractivity (Wildman–Crippen MR) is 62.5 cm³/mol. The molecule has 0 fully saturated rings. The second kappa shape index (κ2) is 4.43. The first-order chi connectivity index (χ1) is 6.49. The third-order valence-corrected chi connectivity index (χ3v) is 8.01. The zero-order valence-electron chi connectivity index (χ0n) is 9.55. The Morgan fingerprint density at radius 1 is 1.00 bits per heavy atom. The van der Waals surface area contributed by atoms with Crippen molar-refractivity contribution in [2.24, 2.45) is 0 Å². The van der Waals surface area contributed by atoms with Crippen LogP contribution in [0.4, 0.5) is 0 Å². The van der Waals surface area contributed by atoms with Crippen molar-refractivity contribution >= 4 is 22.0 Å². The number of rotatable bonds is 3. The Morgan fingerprint density at radius 3 is 2.07 bits per heavy atom. The molecule has 0 aliphatic carbocycles. The van der Waals surface area contributed by atoms with Crippen molar-refractivity contribution in [3.05, 3.63) is 18.2 Å². The normalized spacial score (nSPS) is 11.2. The van der Waals surface area contributed by atoms with Gasteiger partial charge in [-0.05, 0) is 0 Å². The second-order valence-corrected chi connectivity index (χ2v) is 18.7. The summed E-state index contributed by atoms with van der Waals surface area (Å²) < 4.78 is 12.0. The molecule has 78 valence electrons. The van der Waals surface area contributed by atoms with Gasteiger partial charge in [0, 0.05) is 0 Å². The van der Waals surface area contributed by atoms with Crippen molar-refractivity contribution in [1.82, 2.24) is 0 Å². The Bertz CT molecular complexity index is 316. The molecule has 0 heterocycles. The van der Waals surface area contributed by atoms with E-state index in [9.17, 15) is 0 Å². The number of hydrogen-bond donors (Lipinski definition) is 0. The van der Waals surface area contributed by atoms with Crippen LogP contribution in [0.3, 0.4) is 0 Å². The van der Waals surface area contributed by atoms with Crippen molar-refractivity contribution in [1.29, 1.82) is 0 Å². The second-order valence-electron chi connectivity index (χ2n) is 4.32. The SMILES string of the molecule is COc1cc[c]([Sn]([CH3])([CH3])[CH3])c(OC)c1. The number of benzene rings is 1. The quantitative estimate of drug-likeness (QED) is 0.797. The molecule has 0 radical (unpaired) electrons. The van der Waals surface area contributed by atoms with Crippen LogP contribution >= 0.6 is 0 Å². The van der Waals surface area contributed by atoms with Crippen LogP contribution in [0.25, 0.3) is 0 Å². The third kappa shape index (κ3) is 2.56. The Labute approximate surface area is 90.1 Å². The van der Waals surface area contributed by atoms with Gasteiger partial charge in [-0.1, -0.05) is 0 Å². The first-order valence-electron chi connectivity index (χ1n) is 4.71. The average Bonchev–Trinajstić information content (AvgIpc) is 2.15. The predicted octanol–water partition coefficient (Wildman–Crippen LogP) is 2.25. The van der Waals surface area contributed by atoms with Crippen molar-refractivity contribution in [2.45, 2.75) is 14.8 Å². The zero-order valence-corrected chi connectivity index (χ0v) is 12.4. The van der Waals surface area contributed by atoms with Crippen LogP contribution in [0.1, 0.15) is 0 Å². The molecule has 0 saturated carbocycles. The molecule has 0 aliphatic rings. The van der Waals surface area contributed by atoms with E-state index in [0.717, 1.165) is 11.5 Å². The summed E-state index contributed by atoms with van der Waals surface area (Å²) in [5, 5.41) is 0. The van der Waals surface area contributed by atoms with Crippen molar-refractivity contribution < 1.29 is 9.47 Å². The molecular formula is C11H18O2Sn. The molecule has 0 atom stereocenters. The van der Waals surface area contributed by atoms with E-state index in [0.29, 0.717) is 0 Å². The molecule has 0 unspecified atom stereocenters. The van der Waals surface area contributed by atoms with Crippen LogP contribution in [0.2, 0.25) is 14.8 Å². The topological polar surface area (TPSA) is 18.5 Å². The Balaban J connectivity index is 3.18. The summed E-state index contributed by atoms with van der Waals surface area (Å²) in [6, 6.07) is 6.13. The van der Waals surface area contributed by atoms with E-state index in [4.69, 9.17) is 9.47 Å². The number of methoxy groups -OCH3 is 2. The summed E-state index contributed by atoms with van der Waals surface area (Å²) in [5.41, 5.74) is 0. The fraction of sp³-hybridized carbons (Fsp3) is 0.455. The maximum atomic E-state index is 5.39. The van der Waals surface area contributed by atoms with Gasteiger partial charge in [0.1, 0.15) is 0 Å². The molecule has 14 heavy (non-hydrogen) atoms. The zero-order chi connectivity index (χ0) is 10.8. The monoisotopic (exact) mass is 302 g/mol. The summed E-state index contributed by atoms with van der Waals surface area (Å²) in [6.45, 7) is 0. The van der Waals surface area contributed by atoms with Crippen LogP contribution in [-0.2, 0) is 0 Å². The van der Waals surface area contributed by atoms with E-state index < -0.39 is 18.4 Å². The Morgan fingerprint density at radius 2 is 1.64 bits per heavy atom. The van der Waals surface area contributed by atoms with Crippen LogP contribution in [0, 0.1) is 0 Å².